The largest absolute Gasteiger partial charge is 0.395 e. The van der Waals surface area contributed by atoms with Gasteiger partial charge in [-0.1, -0.05) is 78.9 Å². The molecule has 0 radical (unpaired) electrons. The zero-order chi connectivity index (χ0) is 23.4. The van der Waals surface area contributed by atoms with Crippen LogP contribution in [0.15, 0.2) is 78.9 Å². The van der Waals surface area contributed by atoms with E-state index in [0.717, 1.165) is 16.7 Å². The second-order valence-corrected chi connectivity index (χ2v) is 8.97. The van der Waals surface area contributed by atoms with Gasteiger partial charge in [0.2, 0.25) is 0 Å². The van der Waals surface area contributed by atoms with Crippen LogP contribution >= 0.6 is 0 Å². The van der Waals surface area contributed by atoms with Crippen molar-refractivity contribution in [2.45, 2.75) is 19.8 Å². The van der Waals surface area contributed by atoms with Gasteiger partial charge in [-0.3, -0.25) is 14.5 Å². The Bertz CT molecular complexity index is 1050. The van der Waals surface area contributed by atoms with E-state index < -0.39 is 0 Å². The van der Waals surface area contributed by atoms with Crippen LogP contribution in [0.1, 0.15) is 43.3 Å². The number of hydrogen-bond donors (Lipinski definition) is 1. The lowest BCUT2D eigenvalue weighted by Crippen LogP contribution is -2.51. The molecule has 1 aliphatic heterocycles. The topological polar surface area (TPSA) is 57.6 Å². The minimum absolute atomic E-state index is 0.00731. The molecule has 2 atom stereocenters. The molecule has 0 spiro atoms. The van der Waals surface area contributed by atoms with Crippen LogP contribution < -0.4 is 0 Å². The fourth-order valence-corrected chi connectivity index (χ4v) is 5.16. The van der Waals surface area contributed by atoms with Gasteiger partial charge in [0.15, 0.2) is 11.6 Å². The van der Waals surface area contributed by atoms with Gasteiger partial charge in [-0.05, 0) is 30.5 Å². The molecule has 1 aliphatic rings. The highest BCUT2D eigenvalue weighted by Crippen LogP contribution is 2.42. The van der Waals surface area contributed by atoms with E-state index in [4.69, 9.17) is 0 Å². The van der Waals surface area contributed by atoms with E-state index in [1.807, 2.05) is 66.7 Å². The highest BCUT2D eigenvalue weighted by Gasteiger charge is 2.45. The van der Waals surface area contributed by atoms with E-state index in [1.54, 1.807) is 0 Å². The third kappa shape index (κ3) is 4.82. The van der Waals surface area contributed by atoms with Crippen molar-refractivity contribution in [3.63, 3.8) is 0 Å². The number of hydrogen-bond acceptors (Lipinski definition) is 4. The highest BCUT2D eigenvalue weighted by atomic mass is 16.3. The fourth-order valence-electron chi connectivity index (χ4n) is 5.16. The van der Waals surface area contributed by atoms with Crippen LogP contribution in [0.3, 0.4) is 0 Å². The third-order valence-electron chi connectivity index (χ3n) is 6.99. The number of aliphatic hydroxyl groups is 1. The summed E-state index contributed by atoms with van der Waals surface area (Å²) in [5.74, 6) is -0.901. The van der Waals surface area contributed by atoms with Crippen molar-refractivity contribution >= 4 is 11.6 Å². The Hall–Kier alpha value is -3.08. The first-order valence-corrected chi connectivity index (χ1v) is 11.6. The summed E-state index contributed by atoms with van der Waals surface area (Å²) in [6, 6.07) is 24.9. The van der Waals surface area contributed by atoms with Gasteiger partial charge in [-0.15, -0.1) is 0 Å². The number of ketones is 2. The lowest BCUT2D eigenvalue weighted by atomic mass is 9.67. The van der Waals surface area contributed by atoms with Crippen LogP contribution in [0, 0.1) is 25.7 Å². The molecular weight excluding hydrogens is 410 g/mol. The van der Waals surface area contributed by atoms with E-state index >= 15 is 0 Å². The van der Waals surface area contributed by atoms with Crippen molar-refractivity contribution in [3.05, 3.63) is 107 Å². The summed E-state index contributed by atoms with van der Waals surface area (Å²) in [6.07, 6.45) is 0. The Kier molecular flexibility index (Phi) is 7.17. The number of carbonyl (C=O) groups is 2. The predicted octanol–water partition coefficient (Wildman–Crippen LogP) is 4.69. The maximum atomic E-state index is 13.8. The van der Waals surface area contributed by atoms with Crippen LogP contribution in [0.2, 0.25) is 0 Å². The molecule has 0 aliphatic carbocycles. The Morgan fingerprint density at radius 3 is 1.79 bits per heavy atom. The summed E-state index contributed by atoms with van der Waals surface area (Å²) in [4.78, 5) is 29.7. The van der Waals surface area contributed by atoms with Crippen molar-refractivity contribution in [2.75, 3.05) is 26.2 Å². The lowest BCUT2D eigenvalue weighted by molar-refractivity contribution is 0.0529. The van der Waals surface area contributed by atoms with Gasteiger partial charge >= 0.3 is 0 Å². The minimum atomic E-state index is -0.383. The van der Waals surface area contributed by atoms with E-state index in [-0.39, 0.29) is 35.9 Å². The molecule has 1 fully saturated rings. The number of aryl methyl sites for hydroxylation is 1. The van der Waals surface area contributed by atoms with Crippen molar-refractivity contribution in [2.24, 2.45) is 11.8 Å². The third-order valence-corrected chi connectivity index (χ3v) is 6.99. The molecule has 1 N–H and O–H groups in total. The Morgan fingerprint density at radius 2 is 1.30 bits per heavy atom. The second-order valence-electron chi connectivity index (χ2n) is 8.97. The fraction of sp³-hybridized carbons (Fsp3) is 0.310. The minimum Gasteiger partial charge on any atom is -0.395 e. The zero-order valence-corrected chi connectivity index (χ0v) is 19.3. The number of likely N-dealkylation sites (tertiary alicyclic amines) is 1. The van der Waals surface area contributed by atoms with E-state index in [0.29, 0.717) is 30.8 Å². The first-order chi connectivity index (χ1) is 16.0. The molecule has 1 heterocycles. The Labute approximate surface area is 195 Å². The van der Waals surface area contributed by atoms with Crippen LogP contribution in [-0.4, -0.2) is 47.8 Å². The smallest absolute Gasteiger partial charge is 0.167 e. The Balaban J connectivity index is 1.85. The van der Waals surface area contributed by atoms with Crippen LogP contribution in [-0.2, 0) is 0 Å². The summed E-state index contributed by atoms with van der Waals surface area (Å²) in [7, 11) is 0. The molecule has 4 nitrogen and oxygen atoms in total. The van der Waals surface area contributed by atoms with Crippen LogP contribution in [0.5, 0.6) is 0 Å². The monoisotopic (exact) mass is 441 g/mol. The summed E-state index contributed by atoms with van der Waals surface area (Å²) < 4.78 is 0. The van der Waals surface area contributed by atoms with E-state index in [1.165, 1.54) is 0 Å². The molecule has 1 saturated heterocycles. The van der Waals surface area contributed by atoms with Gasteiger partial charge in [0, 0.05) is 48.5 Å². The molecular formula is C29H31NO3. The summed E-state index contributed by atoms with van der Waals surface area (Å²) >= 11 is 0. The molecule has 0 unspecified atom stereocenters. The number of β-amino-alcohol motifs (C(OH)–C–C–N with tert-alkyl or cyclic N) is 1. The highest BCUT2D eigenvalue weighted by molar-refractivity contribution is 6.02. The number of piperidine rings is 1. The van der Waals surface area contributed by atoms with Gasteiger partial charge in [0.1, 0.15) is 0 Å². The van der Waals surface area contributed by atoms with Gasteiger partial charge in [-0.25, -0.2) is 0 Å². The van der Waals surface area contributed by atoms with Crippen LogP contribution in [0.4, 0.5) is 0 Å². The number of aliphatic hydroxyl groups excluding tert-OH is 1. The molecule has 0 bridgehead atoms. The zero-order valence-electron chi connectivity index (χ0n) is 19.3. The van der Waals surface area contributed by atoms with Crippen LogP contribution in [0.25, 0.3) is 0 Å². The predicted molar refractivity (Wildman–Crippen MR) is 131 cm³/mol. The maximum absolute atomic E-state index is 13.8. The number of rotatable bonds is 7. The average molecular weight is 442 g/mol. The molecule has 3 aromatic carbocycles. The average Bonchev–Trinajstić information content (AvgIpc) is 2.86. The maximum Gasteiger partial charge on any atom is 0.167 e. The molecule has 0 saturated carbocycles. The SMILES string of the molecule is Cc1cccc(C2[C@@H](C(=O)c3ccccc3)CN(CCO)C[C@@H]2C(=O)c2ccccc2)c1C. The van der Waals surface area contributed by atoms with E-state index in [9.17, 15) is 14.7 Å². The first-order valence-electron chi connectivity index (χ1n) is 11.6. The Morgan fingerprint density at radius 1 is 0.788 bits per heavy atom. The molecule has 33 heavy (non-hydrogen) atoms. The quantitative estimate of drug-likeness (QED) is 0.540. The summed E-state index contributed by atoms with van der Waals surface area (Å²) in [6.45, 7) is 5.62. The summed E-state index contributed by atoms with van der Waals surface area (Å²) in [5, 5.41) is 9.65. The first kappa shape index (κ1) is 23.1. The van der Waals surface area contributed by atoms with Gasteiger partial charge in [-0.2, -0.15) is 0 Å². The van der Waals surface area contributed by atoms with E-state index in [2.05, 4.69) is 30.9 Å². The van der Waals surface area contributed by atoms with Gasteiger partial charge < -0.3 is 5.11 Å². The number of carbonyl (C=O) groups excluding carboxylic acids is 2. The van der Waals surface area contributed by atoms with Gasteiger partial charge in [0.25, 0.3) is 0 Å². The number of Topliss-reactive ketones (excluding diaryl/α,β-unsaturated/α-hetero) is 2. The van der Waals surface area contributed by atoms with Crippen molar-refractivity contribution in [3.8, 4) is 0 Å². The number of nitrogens with zero attached hydrogens (tertiary/aromatic N) is 1. The molecule has 4 rings (SSSR count). The van der Waals surface area contributed by atoms with Crippen molar-refractivity contribution < 1.29 is 14.7 Å². The molecule has 4 heteroatoms. The molecule has 0 aromatic heterocycles. The lowest BCUT2D eigenvalue weighted by Gasteiger charge is -2.43. The van der Waals surface area contributed by atoms with Gasteiger partial charge in [0.05, 0.1) is 6.61 Å². The van der Waals surface area contributed by atoms with Crippen molar-refractivity contribution in [1.82, 2.24) is 4.90 Å². The molecule has 170 valence electrons. The number of benzene rings is 3. The van der Waals surface area contributed by atoms with Crippen molar-refractivity contribution in [1.29, 1.82) is 0 Å². The second kappa shape index (κ2) is 10.2. The molecule has 0 amide bonds. The standard InChI is InChI=1S/C29H31NO3/c1-20-10-9-15-24(21(20)2)27-25(28(32)22-11-5-3-6-12-22)18-30(16-17-31)19-26(27)29(33)23-13-7-4-8-14-23/h3-15,25-27,31H,16-19H2,1-2H3/t25-,26-/m0/s1. The molecule has 3 aromatic rings. The normalized spacial score (nSPS) is 19.4. The summed E-state index contributed by atoms with van der Waals surface area (Å²) in [5.41, 5.74) is 4.68.